The lowest BCUT2D eigenvalue weighted by molar-refractivity contribution is 0.420. The highest BCUT2D eigenvalue weighted by molar-refractivity contribution is 14.1. The van der Waals surface area contributed by atoms with E-state index in [1.54, 1.807) is 0 Å². The third-order valence-electron chi connectivity index (χ3n) is 2.01. The van der Waals surface area contributed by atoms with Gasteiger partial charge in [0.25, 0.3) is 0 Å². The summed E-state index contributed by atoms with van der Waals surface area (Å²) >= 11 is 2.26. The third-order valence-corrected chi connectivity index (χ3v) is 2.73. The monoisotopic (exact) mass is 343 g/mol. The van der Waals surface area contributed by atoms with Crippen LogP contribution in [0.4, 0.5) is 6.01 Å². The second kappa shape index (κ2) is 4.64. The first-order valence-corrected chi connectivity index (χ1v) is 6.40. The van der Waals surface area contributed by atoms with Crippen LogP contribution < -0.4 is 5.32 Å². The molecule has 4 nitrogen and oxygen atoms in total. The van der Waals surface area contributed by atoms with Crippen LogP contribution in [0.1, 0.15) is 20.8 Å². The van der Waals surface area contributed by atoms with Crippen molar-refractivity contribution < 1.29 is 4.52 Å². The number of anilines is 1. The SMILES string of the molecule is CC(C)(C)Nc1nc(-c2ccc(I)cc2)no1. The topological polar surface area (TPSA) is 51.0 Å². The Morgan fingerprint density at radius 3 is 2.41 bits per heavy atom. The van der Waals surface area contributed by atoms with E-state index in [4.69, 9.17) is 4.52 Å². The molecule has 0 radical (unpaired) electrons. The van der Waals surface area contributed by atoms with Crippen LogP contribution in [0.5, 0.6) is 0 Å². The van der Waals surface area contributed by atoms with Crippen molar-refractivity contribution in [2.24, 2.45) is 0 Å². The quantitative estimate of drug-likeness (QED) is 0.848. The molecule has 0 amide bonds. The molecule has 0 atom stereocenters. The normalized spacial score (nSPS) is 11.5. The van der Waals surface area contributed by atoms with Crippen LogP contribution >= 0.6 is 22.6 Å². The van der Waals surface area contributed by atoms with Gasteiger partial charge in [0.05, 0.1) is 0 Å². The summed E-state index contributed by atoms with van der Waals surface area (Å²) in [7, 11) is 0. The molecule has 17 heavy (non-hydrogen) atoms. The zero-order chi connectivity index (χ0) is 12.5. The lowest BCUT2D eigenvalue weighted by Crippen LogP contribution is -2.26. The fourth-order valence-corrected chi connectivity index (χ4v) is 1.67. The van der Waals surface area contributed by atoms with Gasteiger partial charge < -0.3 is 9.84 Å². The summed E-state index contributed by atoms with van der Waals surface area (Å²) in [6, 6.07) is 8.44. The van der Waals surface area contributed by atoms with Gasteiger partial charge in [-0.3, -0.25) is 0 Å². The van der Waals surface area contributed by atoms with Crippen LogP contribution in [0.25, 0.3) is 11.4 Å². The van der Waals surface area contributed by atoms with Gasteiger partial charge in [-0.15, -0.1) is 0 Å². The summed E-state index contributed by atoms with van der Waals surface area (Å²) in [4.78, 5) is 4.30. The molecule has 90 valence electrons. The van der Waals surface area contributed by atoms with Crippen molar-refractivity contribution in [3.63, 3.8) is 0 Å². The number of aromatic nitrogens is 2. The first-order valence-electron chi connectivity index (χ1n) is 5.32. The Balaban J connectivity index is 2.21. The van der Waals surface area contributed by atoms with Crippen LogP contribution in [0, 0.1) is 3.57 Å². The van der Waals surface area contributed by atoms with E-state index in [-0.39, 0.29) is 5.54 Å². The molecule has 1 aromatic heterocycles. The van der Waals surface area contributed by atoms with Gasteiger partial charge in [0.1, 0.15) is 0 Å². The Kier molecular flexibility index (Phi) is 3.37. The Labute approximate surface area is 114 Å². The van der Waals surface area contributed by atoms with Gasteiger partial charge in [-0.2, -0.15) is 4.98 Å². The molecule has 0 aliphatic rings. The minimum Gasteiger partial charge on any atom is -0.333 e. The number of halogens is 1. The lowest BCUT2D eigenvalue weighted by atomic mass is 10.1. The molecule has 1 aromatic carbocycles. The van der Waals surface area contributed by atoms with Gasteiger partial charge in [0.15, 0.2) is 0 Å². The summed E-state index contributed by atoms with van der Waals surface area (Å²) in [5.41, 5.74) is 0.867. The molecule has 0 saturated heterocycles. The molecule has 2 aromatic rings. The maximum atomic E-state index is 5.15. The maximum absolute atomic E-state index is 5.15. The molecule has 1 N–H and O–H groups in total. The molecular weight excluding hydrogens is 329 g/mol. The zero-order valence-electron chi connectivity index (χ0n) is 9.99. The van der Waals surface area contributed by atoms with Crippen molar-refractivity contribution in [2.45, 2.75) is 26.3 Å². The summed E-state index contributed by atoms with van der Waals surface area (Å²) < 4.78 is 6.33. The molecular formula is C12H14IN3O. The number of rotatable bonds is 2. The molecule has 2 rings (SSSR count). The minimum absolute atomic E-state index is 0.0874. The van der Waals surface area contributed by atoms with E-state index in [1.165, 1.54) is 3.57 Å². The number of hydrogen-bond donors (Lipinski definition) is 1. The Morgan fingerprint density at radius 2 is 1.82 bits per heavy atom. The predicted octanol–water partition coefficient (Wildman–Crippen LogP) is 3.55. The largest absolute Gasteiger partial charge is 0.333 e. The van der Waals surface area contributed by atoms with Crippen LogP contribution in [-0.4, -0.2) is 15.7 Å². The number of nitrogens with zero attached hydrogens (tertiary/aromatic N) is 2. The Bertz CT molecular complexity index is 499. The molecule has 0 unspecified atom stereocenters. The average Bonchev–Trinajstić information content (AvgIpc) is 2.64. The Hall–Kier alpha value is -1.11. The molecule has 0 bridgehead atoms. The summed E-state index contributed by atoms with van der Waals surface area (Å²) in [6.07, 6.45) is 0. The van der Waals surface area contributed by atoms with Crippen LogP contribution in [0.2, 0.25) is 0 Å². The smallest absolute Gasteiger partial charge is 0.322 e. The molecule has 0 spiro atoms. The average molecular weight is 343 g/mol. The van der Waals surface area contributed by atoms with Gasteiger partial charge >= 0.3 is 6.01 Å². The van der Waals surface area contributed by atoms with Crippen molar-refractivity contribution in [3.8, 4) is 11.4 Å². The van der Waals surface area contributed by atoms with Crippen molar-refractivity contribution in [1.29, 1.82) is 0 Å². The number of benzene rings is 1. The standard InChI is InChI=1S/C12H14IN3O/c1-12(2,3)15-11-14-10(16-17-11)8-4-6-9(13)7-5-8/h4-7H,1-3H3,(H,14,15,16). The van der Waals surface area contributed by atoms with Gasteiger partial charge in [-0.05, 0) is 55.5 Å². The van der Waals surface area contributed by atoms with Gasteiger partial charge in [0.2, 0.25) is 5.82 Å². The summed E-state index contributed by atoms with van der Waals surface area (Å²) in [5, 5.41) is 7.09. The van der Waals surface area contributed by atoms with Gasteiger partial charge in [0, 0.05) is 14.7 Å². The van der Waals surface area contributed by atoms with Crippen LogP contribution in [0.15, 0.2) is 28.8 Å². The van der Waals surface area contributed by atoms with E-state index < -0.39 is 0 Å². The van der Waals surface area contributed by atoms with Crippen molar-refractivity contribution in [2.75, 3.05) is 5.32 Å². The van der Waals surface area contributed by atoms with E-state index in [1.807, 2.05) is 45.0 Å². The molecule has 1 heterocycles. The van der Waals surface area contributed by atoms with Crippen molar-refractivity contribution in [1.82, 2.24) is 10.1 Å². The maximum Gasteiger partial charge on any atom is 0.322 e. The highest BCUT2D eigenvalue weighted by Gasteiger charge is 2.15. The predicted molar refractivity (Wildman–Crippen MR) is 75.8 cm³/mol. The summed E-state index contributed by atoms with van der Waals surface area (Å²) in [6.45, 7) is 6.13. The summed E-state index contributed by atoms with van der Waals surface area (Å²) in [5.74, 6) is 0.605. The van der Waals surface area contributed by atoms with Gasteiger partial charge in [-0.1, -0.05) is 17.3 Å². The van der Waals surface area contributed by atoms with Crippen molar-refractivity contribution in [3.05, 3.63) is 27.8 Å². The van der Waals surface area contributed by atoms with Crippen molar-refractivity contribution >= 4 is 28.6 Å². The Morgan fingerprint density at radius 1 is 1.18 bits per heavy atom. The van der Waals surface area contributed by atoms with E-state index in [2.05, 4.69) is 38.0 Å². The second-order valence-corrected chi connectivity index (χ2v) is 6.05. The zero-order valence-corrected chi connectivity index (χ0v) is 12.1. The third kappa shape index (κ3) is 3.42. The number of hydrogen-bond acceptors (Lipinski definition) is 4. The number of nitrogens with one attached hydrogen (secondary N) is 1. The van der Waals surface area contributed by atoms with Crippen LogP contribution in [0.3, 0.4) is 0 Å². The fraction of sp³-hybridized carbons (Fsp3) is 0.333. The first kappa shape index (κ1) is 12.3. The molecule has 5 heteroatoms. The minimum atomic E-state index is -0.0874. The van der Waals surface area contributed by atoms with E-state index >= 15 is 0 Å². The molecule has 0 aliphatic carbocycles. The highest BCUT2D eigenvalue weighted by atomic mass is 127. The molecule has 0 saturated carbocycles. The first-order chi connectivity index (χ1) is 7.94. The van der Waals surface area contributed by atoms with E-state index in [9.17, 15) is 0 Å². The highest BCUT2D eigenvalue weighted by Crippen LogP contribution is 2.20. The fourth-order valence-electron chi connectivity index (χ4n) is 1.31. The van der Waals surface area contributed by atoms with Gasteiger partial charge in [-0.25, -0.2) is 0 Å². The van der Waals surface area contributed by atoms with Crippen LogP contribution in [-0.2, 0) is 0 Å². The molecule has 0 aliphatic heterocycles. The molecule has 0 fully saturated rings. The second-order valence-electron chi connectivity index (χ2n) is 4.81. The van der Waals surface area contributed by atoms with E-state index in [0.717, 1.165) is 5.56 Å². The van der Waals surface area contributed by atoms with E-state index in [0.29, 0.717) is 11.8 Å². The lowest BCUT2D eigenvalue weighted by Gasteiger charge is -2.17.